The van der Waals surface area contributed by atoms with Crippen molar-refractivity contribution in [3.05, 3.63) is 0 Å². The number of nitrogens with one attached hydrogen (secondary N) is 1. The van der Waals surface area contributed by atoms with Gasteiger partial charge in [-0.15, -0.1) is 0 Å². The molecule has 1 aliphatic carbocycles. The maximum absolute atomic E-state index is 9.48. The van der Waals surface area contributed by atoms with Crippen molar-refractivity contribution >= 4 is 0 Å². The maximum atomic E-state index is 9.48. The Balaban J connectivity index is 1.91. The highest BCUT2D eigenvalue weighted by molar-refractivity contribution is 5.08. The number of hydrogen-bond donors (Lipinski definition) is 1. The quantitative estimate of drug-likeness (QED) is 0.829. The maximum Gasteiger partial charge on any atom is 0.105 e. The van der Waals surface area contributed by atoms with Gasteiger partial charge in [-0.25, -0.2) is 0 Å². The van der Waals surface area contributed by atoms with Gasteiger partial charge in [0, 0.05) is 25.2 Å². The van der Waals surface area contributed by atoms with Gasteiger partial charge in [0.25, 0.3) is 0 Å². The van der Waals surface area contributed by atoms with Crippen LogP contribution in [0.1, 0.15) is 53.4 Å². The molecule has 1 N–H and O–H groups in total. The zero-order valence-electron chi connectivity index (χ0n) is 12.9. The van der Waals surface area contributed by atoms with E-state index in [9.17, 15) is 5.26 Å². The molecule has 3 heteroatoms. The lowest BCUT2D eigenvalue weighted by Gasteiger charge is -2.41. The molecule has 3 nitrogen and oxygen atoms in total. The molecule has 1 saturated carbocycles. The second-order valence-corrected chi connectivity index (χ2v) is 7.32. The smallest absolute Gasteiger partial charge is 0.105 e. The first-order valence-corrected chi connectivity index (χ1v) is 7.85. The first-order chi connectivity index (χ1) is 8.92. The molecule has 1 saturated heterocycles. The number of hydrogen-bond acceptors (Lipinski definition) is 3. The second-order valence-electron chi connectivity index (χ2n) is 7.32. The number of likely N-dealkylation sites (tertiary alicyclic amines) is 1. The molecule has 4 unspecified atom stereocenters. The Morgan fingerprint density at radius 2 is 1.89 bits per heavy atom. The van der Waals surface area contributed by atoms with Crippen LogP contribution in [0.4, 0.5) is 0 Å². The normalized spacial score (nSPS) is 33.4. The van der Waals surface area contributed by atoms with Crippen molar-refractivity contribution in [1.82, 2.24) is 10.2 Å². The van der Waals surface area contributed by atoms with Crippen molar-refractivity contribution in [3.63, 3.8) is 0 Å². The molecule has 4 atom stereocenters. The molecule has 2 aliphatic rings. The summed E-state index contributed by atoms with van der Waals surface area (Å²) in [4.78, 5) is 2.59. The molecule has 0 radical (unpaired) electrons. The molecular weight excluding hydrogens is 234 g/mol. The monoisotopic (exact) mass is 263 g/mol. The van der Waals surface area contributed by atoms with Crippen molar-refractivity contribution in [3.8, 4) is 6.07 Å². The molecule has 1 aliphatic heterocycles. The molecular formula is C16H29N3. The molecule has 0 aromatic heterocycles. The van der Waals surface area contributed by atoms with Crippen LogP contribution < -0.4 is 5.32 Å². The summed E-state index contributed by atoms with van der Waals surface area (Å²) in [7, 11) is 0. The summed E-state index contributed by atoms with van der Waals surface area (Å²) in [6.07, 6.45) is 4.76. The Labute approximate surface area is 118 Å². The lowest BCUT2D eigenvalue weighted by atomic mass is 9.88. The minimum Gasteiger partial charge on any atom is -0.300 e. The first kappa shape index (κ1) is 14.8. The zero-order chi connectivity index (χ0) is 14.0. The summed E-state index contributed by atoms with van der Waals surface area (Å²) in [5.74, 6) is 1.58. The van der Waals surface area contributed by atoms with E-state index in [0.717, 1.165) is 18.3 Å². The van der Waals surface area contributed by atoms with Crippen LogP contribution in [0.25, 0.3) is 0 Å². The minimum absolute atomic E-state index is 0.357. The number of rotatable bonds is 5. The second kappa shape index (κ2) is 5.81. The molecule has 2 rings (SSSR count). The number of nitriles is 1. The molecule has 0 spiro atoms. The van der Waals surface area contributed by atoms with E-state index >= 15 is 0 Å². The fraction of sp³-hybridized carbons (Fsp3) is 0.938. The first-order valence-electron chi connectivity index (χ1n) is 7.85. The zero-order valence-corrected chi connectivity index (χ0v) is 12.9. The van der Waals surface area contributed by atoms with Gasteiger partial charge in [0.05, 0.1) is 6.07 Å². The highest BCUT2D eigenvalue weighted by Crippen LogP contribution is 2.28. The Morgan fingerprint density at radius 1 is 1.32 bits per heavy atom. The van der Waals surface area contributed by atoms with Crippen LogP contribution in [0.3, 0.4) is 0 Å². The molecule has 0 amide bonds. The van der Waals surface area contributed by atoms with Gasteiger partial charge in [0.2, 0.25) is 0 Å². The highest BCUT2D eigenvalue weighted by atomic mass is 15.2. The molecule has 0 bridgehead atoms. The summed E-state index contributed by atoms with van der Waals surface area (Å²) in [6.45, 7) is 11.4. The molecule has 0 aromatic rings. The van der Waals surface area contributed by atoms with E-state index in [1.165, 1.54) is 32.4 Å². The molecule has 2 fully saturated rings. The summed E-state index contributed by atoms with van der Waals surface area (Å²) in [5, 5.41) is 13.0. The minimum atomic E-state index is -0.357. The average Bonchev–Trinajstić information content (AvgIpc) is 3.11. The SMILES string of the molecule is CC1CC(C)CN(C(C)CC(C)(C#N)NC2CC2)C1. The highest BCUT2D eigenvalue weighted by Gasteiger charge is 2.35. The summed E-state index contributed by atoms with van der Waals surface area (Å²) < 4.78 is 0. The number of piperidine rings is 1. The summed E-state index contributed by atoms with van der Waals surface area (Å²) >= 11 is 0. The van der Waals surface area contributed by atoms with Crippen LogP contribution in [0.15, 0.2) is 0 Å². The van der Waals surface area contributed by atoms with Gasteiger partial charge in [-0.1, -0.05) is 13.8 Å². The van der Waals surface area contributed by atoms with Gasteiger partial charge in [0.15, 0.2) is 0 Å². The third kappa shape index (κ3) is 4.19. The van der Waals surface area contributed by atoms with E-state index in [-0.39, 0.29) is 5.54 Å². The lowest BCUT2D eigenvalue weighted by molar-refractivity contribution is 0.0889. The largest absolute Gasteiger partial charge is 0.300 e. The van der Waals surface area contributed by atoms with Gasteiger partial charge >= 0.3 is 0 Å². The van der Waals surface area contributed by atoms with Crippen LogP contribution in [0.2, 0.25) is 0 Å². The van der Waals surface area contributed by atoms with Crippen molar-refractivity contribution in [2.75, 3.05) is 13.1 Å². The van der Waals surface area contributed by atoms with Crippen molar-refractivity contribution in [1.29, 1.82) is 5.26 Å². The van der Waals surface area contributed by atoms with E-state index < -0.39 is 0 Å². The van der Waals surface area contributed by atoms with Crippen LogP contribution in [0.5, 0.6) is 0 Å². The van der Waals surface area contributed by atoms with Crippen LogP contribution >= 0.6 is 0 Å². The van der Waals surface area contributed by atoms with Crippen molar-refractivity contribution < 1.29 is 0 Å². The van der Waals surface area contributed by atoms with Crippen molar-refractivity contribution in [2.24, 2.45) is 11.8 Å². The van der Waals surface area contributed by atoms with Gasteiger partial charge in [-0.05, 0) is 51.4 Å². The van der Waals surface area contributed by atoms with Gasteiger partial charge in [0.1, 0.15) is 5.54 Å². The fourth-order valence-electron chi connectivity index (χ4n) is 3.61. The van der Waals surface area contributed by atoms with E-state index in [2.05, 4.69) is 44.0 Å². The Kier molecular flexibility index (Phi) is 4.53. The van der Waals surface area contributed by atoms with Crippen LogP contribution in [0, 0.1) is 23.2 Å². The van der Waals surface area contributed by atoms with Crippen LogP contribution in [-0.4, -0.2) is 35.6 Å². The summed E-state index contributed by atoms with van der Waals surface area (Å²) in [5.41, 5.74) is -0.357. The molecule has 1 heterocycles. The molecule has 19 heavy (non-hydrogen) atoms. The van der Waals surface area contributed by atoms with E-state index in [1.54, 1.807) is 0 Å². The molecule has 108 valence electrons. The summed E-state index contributed by atoms with van der Waals surface area (Å²) in [6, 6.07) is 3.59. The Hall–Kier alpha value is -0.590. The third-order valence-electron chi connectivity index (χ3n) is 4.57. The fourth-order valence-corrected chi connectivity index (χ4v) is 3.61. The van der Waals surface area contributed by atoms with Crippen LogP contribution in [-0.2, 0) is 0 Å². The van der Waals surface area contributed by atoms with Gasteiger partial charge < -0.3 is 4.90 Å². The molecule has 0 aromatic carbocycles. The lowest BCUT2D eigenvalue weighted by Crippen LogP contribution is -2.51. The van der Waals surface area contributed by atoms with E-state index in [0.29, 0.717) is 12.1 Å². The van der Waals surface area contributed by atoms with Crippen molar-refractivity contribution in [2.45, 2.75) is 71.0 Å². The van der Waals surface area contributed by atoms with E-state index in [4.69, 9.17) is 0 Å². The third-order valence-corrected chi connectivity index (χ3v) is 4.57. The topological polar surface area (TPSA) is 39.1 Å². The van der Waals surface area contributed by atoms with Gasteiger partial charge in [-0.2, -0.15) is 5.26 Å². The predicted octanol–water partition coefficient (Wildman–Crippen LogP) is 2.78. The Bertz CT molecular complexity index is 334. The average molecular weight is 263 g/mol. The predicted molar refractivity (Wildman–Crippen MR) is 78.8 cm³/mol. The van der Waals surface area contributed by atoms with Gasteiger partial charge in [-0.3, -0.25) is 5.32 Å². The Morgan fingerprint density at radius 3 is 2.37 bits per heavy atom. The number of nitrogens with zero attached hydrogens (tertiary/aromatic N) is 2. The van der Waals surface area contributed by atoms with E-state index in [1.807, 2.05) is 0 Å². The standard InChI is InChI=1S/C16H29N3/c1-12-7-13(2)10-19(9-12)14(3)8-16(4,11-17)18-15-5-6-15/h12-15,18H,5-10H2,1-4H3.